The molecule has 0 spiro atoms. The number of carbonyl (C=O) groups is 1. The van der Waals surface area contributed by atoms with Crippen LogP contribution in [0.5, 0.6) is 0 Å². The van der Waals surface area contributed by atoms with Crippen LogP contribution in [0.15, 0.2) is 12.1 Å². The van der Waals surface area contributed by atoms with E-state index in [0.29, 0.717) is 13.2 Å². The summed E-state index contributed by atoms with van der Waals surface area (Å²) < 4.78 is 5.47. The van der Waals surface area contributed by atoms with Crippen LogP contribution >= 0.6 is 11.3 Å². The molecule has 3 nitrogen and oxygen atoms in total. The normalized spacial score (nSPS) is 11.4. The van der Waals surface area contributed by atoms with Crippen LogP contribution in [0.3, 0.4) is 0 Å². The molecule has 0 amide bonds. The van der Waals surface area contributed by atoms with E-state index >= 15 is 0 Å². The number of hydrogen-bond donors (Lipinski definition) is 0. The van der Waals surface area contributed by atoms with Crippen molar-refractivity contribution in [1.29, 1.82) is 0 Å². The van der Waals surface area contributed by atoms with Gasteiger partial charge in [0.2, 0.25) is 0 Å². The summed E-state index contributed by atoms with van der Waals surface area (Å²) in [5, 5.41) is 0. The smallest absolute Gasteiger partial charge is 0.186 e. The third-order valence-electron chi connectivity index (χ3n) is 2.62. The second-order valence-electron chi connectivity index (χ2n) is 4.70. The fourth-order valence-electron chi connectivity index (χ4n) is 1.56. The molecule has 0 saturated carbocycles. The molecule has 0 unspecified atom stereocenters. The van der Waals surface area contributed by atoms with E-state index in [1.165, 1.54) is 4.88 Å². The van der Waals surface area contributed by atoms with E-state index in [9.17, 15) is 4.79 Å². The Morgan fingerprint density at radius 1 is 1.44 bits per heavy atom. The standard InChI is InChI=1S/C14H23NO2S/c1-5-12-6-7-14(18-12)13(16)10-15(4)8-9-17-11(2)3/h6-7,11H,5,8-10H2,1-4H3. The summed E-state index contributed by atoms with van der Waals surface area (Å²) >= 11 is 1.60. The molecule has 0 aliphatic heterocycles. The molecule has 1 heterocycles. The predicted molar refractivity (Wildman–Crippen MR) is 76.6 cm³/mol. The largest absolute Gasteiger partial charge is 0.377 e. The summed E-state index contributed by atoms with van der Waals surface area (Å²) in [6.07, 6.45) is 1.24. The molecule has 4 heteroatoms. The van der Waals surface area contributed by atoms with Gasteiger partial charge in [0.15, 0.2) is 5.78 Å². The lowest BCUT2D eigenvalue weighted by molar-refractivity contribution is 0.0620. The second kappa shape index (κ2) is 7.67. The van der Waals surface area contributed by atoms with Gasteiger partial charge in [0.05, 0.1) is 24.1 Å². The molecule has 0 aliphatic carbocycles. The Morgan fingerprint density at radius 3 is 2.72 bits per heavy atom. The molecule has 0 aromatic carbocycles. The Bertz CT molecular complexity index is 374. The summed E-state index contributed by atoms with van der Waals surface area (Å²) in [6.45, 7) is 8.06. The zero-order valence-corrected chi connectivity index (χ0v) is 12.5. The van der Waals surface area contributed by atoms with Crippen molar-refractivity contribution < 1.29 is 9.53 Å². The third kappa shape index (κ3) is 5.29. The summed E-state index contributed by atoms with van der Waals surface area (Å²) in [6, 6.07) is 3.98. The van der Waals surface area contributed by atoms with Crippen molar-refractivity contribution in [2.45, 2.75) is 33.3 Å². The van der Waals surface area contributed by atoms with Gasteiger partial charge in [-0.2, -0.15) is 0 Å². The fraction of sp³-hybridized carbons (Fsp3) is 0.643. The lowest BCUT2D eigenvalue weighted by Crippen LogP contribution is -2.29. The van der Waals surface area contributed by atoms with Crippen molar-refractivity contribution in [2.24, 2.45) is 0 Å². The average Bonchev–Trinajstić information content (AvgIpc) is 2.76. The van der Waals surface area contributed by atoms with Crippen LogP contribution < -0.4 is 0 Å². The maximum atomic E-state index is 12.0. The Kier molecular flexibility index (Phi) is 6.54. The van der Waals surface area contributed by atoms with Gasteiger partial charge in [0, 0.05) is 11.4 Å². The maximum absolute atomic E-state index is 12.0. The summed E-state index contributed by atoms with van der Waals surface area (Å²) in [4.78, 5) is 16.2. The van der Waals surface area contributed by atoms with Gasteiger partial charge < -0.3 is 4.74 Å². The number of aryl methyl sites for hydroxylation is 1. The highest BCUT2D eigenvalue weighted by Gasteiger charge is 2.11. The fourth-order valence-corrected chi connectivity index (χ4v) is 2.44. The van der Waals surface area contributed by atoms with Gasteiger partial charge in [-0.05, 0) is 39.4 Å². The first-order chi connectivity index (χ1) is 8.52. The van der Waals surface area contributed by atoms with E-state index in [4.69, 9.17) is 4.74 Å². The van der Waals surface area contributed by atoms with Crippen LogP contribution in [0.2, 0.25) is 0 Å². The second-order valence-corrected chi connectivity index (χ2v) is 5.87. The minimum Gasteiger partial charge on any atom is -0.377 e. The number of thiophene rings is 1. The summed E-state index contributed by atoms with van der Waals surface area (Å²) in [7, 11) is 1.95. The lowest BCUT2D eigenvalue weighted by Gasteiger charge is -2.16. The van der Waals surface area contributed by atoms with Crippen molar-refractivity contribution in [3.05, 3.63) is 21.9 Å². The maximum Gasteiger partial charge on any atom is 0.186 e. The molecule has 0 saturated heterocycles. The van der Waals surface area contributed by atoms with Crippen LogP contribution in [0.4, 0.5) is 0 Å². The Balaban J connectivity index is 2.35. The van der Waals surface area contributed by atoms with Gasteiger partial charge in [-0.25, -0.2) is 0 Å². The number of nitrogens with zero attached hydrogens (tertiary/aromatic N) is 1. The van der Waals surface area contributed by atoms with E-state index in [2.05, 4.69) is 6.92 Å². The monoisotopic (exact) mass is 269 g/mol. The molecule has 0 aliphatic rings. The highest BCUT2D eigenvalue weighted by Crippen LogP contribution is 2.17. The van der Waals surface area contributed by atoms with Gasteiger partial charge in [-0.1, -0.05) is 6.92 Å². The number of hydrogen-bond acceptors (Lipinski definition) is 4. The molecule has 0 radical (unpaired) electrons. The molecule has 18 heavy (non-hydrogen) atoms. The quantitative estimate of drug-likeness (QED) is 0.680. The van der Waals surface area contributed by atoms with Crippen molar-refractivity contribution in [2.75, 3.05) is 26.7 Å². The van der Waals surface area contributed by atoms with E-state index in [1.807, 2.05) is 37.9 Å². The predicted octanol–water partition coefficient (Wildman–Crippen LogP) is 2.85. The first-order valence-electron chi connectivity index (χ1n) is 6.45. The van der Waals surface area contributed by atoms with E-state index < -0.39 is 0 Å². The molecule has 1 aromatic heterocycles. The highest BCUT2D eigenvalue weighted by atomic mass is 32.1. The van der Waals surface area contributed by atoms with Gasteiger partial charge in [0.25, 0.3) is 0 Å². The van der Waals surface area contributed by atoms with Crippen LogP contribution in [-0.4, -0.2) is 43.5 Å². The first-order valence-corrected chi connectivity index (χ1v) is 7.26. The van der Waals surface area contributed by atoms with E-state index in [0.717, 1.165) is 17.8 Å². The number of rotatable bonds is 8. The lowest BCUT2D eigenvalue weighted by atomic mass is 10.3. The number of carbonyl (C=O) groups excluding carboxylic acids is 1. The molecular weight excluding hydrogens is 246 g/mol. The number of likely N-dealkylation sites (N-methyl/N-ethyl adjacent to an activating group) is 1. The topological polar surface area (TPSA) is 29.5 Å². The number of Topliss-reactive ketones (excluding diaryl/α,β-unsaturated/α-hetero) is 1. The zero-order valence-electron chi connectivity index (χ0n) is 11.7. The molecular formula is C14H23NO2S. The van der Waals surface area contributed by atoms with Crippen molar-refractivity contribution >= 4 is 17.1 Å². The first kappa shape index (κ1) is 15.3. The zero-order chi connectivity index (χ0) is 13.5. The van der Waals surface area contributed by atoms with Crippen molar-refractivity contribution in [3.8, 4) is 0 Å². The molecule has 0 fully saturated rings. The number of ether oxygens (including phenoxy) is 1. The van der Waals surface area contributed by atoms with Crippen LogP contribution in [0.1, 0.15) is 35.3 Å². The molecule has 0 bridgehead atoms. The summed E-state index contributed by atoms with van der Waals surface area (Å²) in [5.74, 6) is 0.201. The number of ketones is 1. The van der Waals surface area contributed by atoms with Crippen LogP contribution in [0.25, 0.3) is 0 Å². The molecule has 1 aromatic rings. The van der Waals surface area contributed by atoms with E-state index in [-0.39, 0.29) is 11.9 Å². The molecule has 1 rings (SSSR count). The van der Waals surface area contributed by atoms with Crippen molar-refractivity contribution in [3.63, 3.8) is 0 Å². The highest BCUT2D eigenvalue weighted by molar-refractivity contribution is 7.14. The average molecular weight is 269 g/mol. The van der Waals surface area contributed by atoms with Gasteiger partial charge >= 0.3 is 0 Å². The molecule has 102 valence electrons. The Labute approximate surface area is 114 Å². The van der Waals surface area contributed by atoms with Crippen LogP contribution in [0, 0.1) is 0 Å². The molecule has 0 atom stereocenters. The van der Waals surface area contributed by atoms with Crippen molar-refractivity contribution in [1.82, 2.24) is 4.90 Å². The molecule has 0 N–H and O–H groups in total. The van der Waals surface area contributed by atoms with E-state index in [1.54, 1.807) is 11.3 Å². The van der Waals surface area contributed by atoms with Gasteiger partial charge in [-0.3, -0.25) is 9.69 Å². The van der Waals surface area contributed by atoms with Gasteiger partial charge in [0.1, 0.15) is 0 Å². The third-order valence-corrected chi connectivity index (χ3v) is 3.89. The minimum atomic E-state index is 0.201. The summed E-state index contributed by atoms with van der Waals surface area (Å²) in [5.41, 5.74) is 0. The van der Waals surface area contributed by atoms with Crippen LogP contribution in [-0.2, 0) is 11.2 Å². The SMILES string of the molecule is CCc1ccc(C(=O)CN(C)CCOC(C)C)s1. The Hall–Kier alpha value is -0.710. The minimum absolute atomic E-state index is 0.201. The van der Waals surface area contributed by atoms with Gasteiger partial charge in [-0.15, -0.1) is 11.3 Å². The Morgan fingerprint density at radius 2 is 2.17 bits per heavy atom.